The lowest BCUT2D eigenvalue weighted by Crippen LogP contribution is -2.47. The summed E-state index contributed by atoms with van der Waals surface area (Å²) in [4.78, 5) is 23.9. The van der Waals surface area contributed by atoms with E-state index in [2.05, 4.69) is 31.9 Å². The van der Waals surface area contributed by atoms with Gasteiger partial charge in [-0.25, -0.2) is 0 Å². The monoisotopic (exact) mass is 682 g/mol. The Hall–Kier alpha value is -2.55. The number of carbonyl (C=O) groups excluding carboxylic acids is 2. The van der Waals surface area contributed by atoms with E-state index in [1.165, 1.54) is 23.5 Å². The Morgan fingerprint density at radius 3 is 1.97 bits per heavy atom. The number of carbonyl (C=O) groups is 2. The van der Waals surface area contributed by atoms with Gasteiger partial charge in [0.15, 0.2) is 0 Å². The summed E-state index contributed by atoms with van der Waals surface area (Å²) in [7, 11) is 0. The molecule has 0 aliphatic carbocycles. The Balaban J connectivity index is 2.31. The summed E-state index contributed by atoms with van der Waals surface area (Å²) in [5.74, 6) is -4.89. The van der Waals surface area contributed by atoms with Gasteiger partial charge in [-0.05, 0) is 48.4 Å². The van der Waals surface area contributed by atoms with Gasteiger partial charge in [0.2, 0.25) is 5.91 Å². The lowest BCUT2D eigenvalue weighted by molar-refractivity contribution is -0.157. The molecule has 0 aliphatic rings. The van der Waals surface area contributed by atoms with E-state index in [0.29, 0.717) is 34.1 Å². The number of amides is 2. The number of halogens is 11. The second-order valence-electron chi connectivity index (χ2n) is 7.90. The van der Waals surface area contributed by atoms with Gasteiger partial charge in [0.25, 0.3) is 5.91 Å². The van der Waals surface area contributed by atoms with Crippen molar-refractivity contribution in [3.63, 3.8) is 0 Å². The highest BCUT2D eigenvalue weighted by molar-refractivity contribution is 9.11. The molecule has 2 rings (SSSR count). The number of alkyl halides is 9. The van der Waals surface area contributed by atoms with Crippen LogP contribution in [-0.4, -0.2) is 36.8 Å². The van der Waals surface area contributed by atoms with Gasteiger partial charge in [-0.15, -0.1) is 0 Å². The van der Waals surface area contributed by atoms with Crippen molar-refractivity contribution in [3.05, 3.63) is 73.7 Å². The summed E-state index contributed by atoms with van der Waals surface area (Å²) in [5, 5.41) is 3.33. The van der Waals surface area contributed by atoms with E-state index in [-0.39, 0.29) is 11.1 Å². The molecular formula is C23H17Br2F9N2O2. The van der Waals surface area contributed by atoms with Crippen molar-refractivity contribution in [2.24, 2.45) is 0 Å². The highest BCUT2D eigenvalue weighted by Crippen LogP contribution is 2.39. The molecule has 4 nitrogen and oxygen atoms in total. The molecule has 0 spiro atoms. The highest BCUT2D eigenvalue weighted by atomic mass is 79.9. The van der Waals surface area contributed by atoms with Crippen molar-refractivity contribution < 1.29 is 49.1 Å². The van der Waals surface area contributed by atoms with Crippen molar-refractivity contribution in [3.8, 4) is 0 Å². The first-order valence-electron chi connectivity index (χ1n) is 10.4. The molecule has 15 heteroatoms. The molecule has 38 heavy (non-hydrogen) atoms. The fourth-order valence-corrected chi connectivity index (χ4v) is 4.43. The van der Waals surface area contributed by atoms with E-state index in [1.807, 2.05) is 0 Å². The van der Waals surface area contributed by atoms with Gasteiger partial charge in [0.05, 0.1) is 23.6 Å². The number of hydrogen-bond acceptors (Lipinski definition) is 2. The smallest absolute Gasteiger partial charge is 0.343 e. The molecular weight excluding hydrogens is 667 g/mol. The van der Waals surface area contributed by atoms with Crippen LogP contribution in [0.3, 0.4) is 0 Å². The van der Waals surface area contributed by atoms with Crippen LogP contribution in [0.5, 0.6) is 0 Å². The van der Waals surface area contributed by atoms with Gasteiger partial charge in [-0.1, -0.05) is 50.1 Å². The van der Waals surface area contributed by atoms with E-state index >= 15 is 0 Å². The predicted octanol–water partition coefficient (Wildman–Crippen LogP) is 7.39. The van der Waals surface area contributed by atoms with Gasteiger partial charge in [0.1, 0.15) is 6.04 Å². The van der Waals surface area contributed by atoms with Crippen LogP contribution in [-0.2, 0) is 11.0 Å². The van der Waals surface area contributed by atoms with Crippen LogP contribution in [0, 0.1) is 0 Å². The number of allylic oxidation sites excluding steroid dienone is 1. The van der Waals surface area contributed by atoms with Crippen LogP contribution in [0.15, 0.2) is 51.4 Å². The minimum absolute atomic E-state index is 0.194. The minimum atomic E-state index is -5.12. The van der Waals surface area contributed by atoms with Crippen LogP contribution in [0.25, 0.3) is 6.08 Å². The largest absolute Gasteiger partial charge is 0.417 e. The van der Waals surface area contributed by atoms with Gasteiger partial charge >= 0.3 is 18.5 Å². The first kappa shape index (κ1) is 31.7. The number of nitrogens with one attached hydrogen (secondary N) is 2. The topological polar surface area (TPSA) is 58.2 Å². The summed E-state index contributed by atoms with van der Waals surface area (Å²) >= 11 is 6.16. The fourth-order valence-electron chi connectivity index (χ4n) is 3.10. The standard InChI is InChI=1S/C23H17Br2F9N2O2/c1-11(21(26,27)28)36-19(37)10-35-20(38)16-4-2-12(6-18(16)23(32,33)34)3-5-17(22(29,30)31)13-7-14(24)9-15(25)8-13/h2-9,11,17H,10H2,1H3,(H,35,38)(H,36,37)/b5-3+. The zero-order valence-corrected chi connectivity index (χ0v) is 22.1. The van der Waals surface area contributed by atoms with Crippen LogP contribution in [0.4, 0.5) is 39.5 Å². The summed E-state index contributed by atoms with van der Waals surface area (Å²) < 4.78 is 120. The molecule has 2 aromatic carbocycles. The molecule has 0 saturated carbocycles. The average Bonchev–Trinajstić information content (AvgIpc) is 2.74. The highest BCUT2D eigenvalue weighted by Gasteiger charge is 2.40. The summed E-state index contributed by atoms with van der Waals surface area (Å²) in [5.41, 5.74) is -3.00. The molecule has 0 fully saturated rings. The molecule has 0 aromatic heterocycles. The molecule has 2 unspecified atom stereocenters. The van der Waals surface area contributed by atoms with Crippen LogP contribution in [0.1, 0.15) is 39.9 Å². The molecule has 2 amide bonds. The maximum atomic E-state index is 13.7. The summed E-state index contributed by atoms with van der Waals surface area (Å²) in [6, 6.07) is 3.73. The van der Waals surface area contributed by atoms with Crippen LogP contribution < -0.4 is 10.6 Å². The van der Waals surface area contributed by atoms with Crippen molar-refractivity contribution >= 4 is 49.8 Å². The third-order valence-corrected chi connectivity index (χ3v) is 5.87. The molecule has 0 bridgehead atoms. The summed E-state index contributed by atoms with van der Waals surface area (Å²) in [6.07, 6.45) is -13.2. The van der Waals surface area contributed by atoms with E-state index in [4.69, 9.17) is 0 Å². The molecule has 2 atom stereocenters. The zero-order chi connectivity index (χ0) is 29.1. The summed E-state index contributed by atoms with van der Waals surface area (Å²) in [6.45, 7) is -0.416. The van der Waals surface area contributed by atoms with Gasteiger partial charge in [-0.3, -0.25) is 9.59 Å². The van der Waals surface area contributed by atoms with Crippen molar-refractivity contribution in [2.45, 2.75) is 37.4 Å². The SMILES string of the molecule is CC(NC(=O)CNC(=O)c1ccc(/C=C/C(c2cc(Br)cc(Br)c2)C(F)(F)F)cc1C(F)(F)F)C(F)(F)F. The maximum absolute atomic E-state index is 13.7. The Bertz CT molecular complexity index is 1190. The van der Waals surface area contributed by atoms with E-state index in [1.54, 1.807) is 5.32 Å². The van der Waals surface area contributed by atoms with Crippen LogP contribution >= 0.6 is 31.9 Å². The fraction of sp³-hybridized carbons (Fsp3) is 0.304. The minimum Gasteiger partial charge on any atom is -0.343 e. The normalized spacial score (nSPS) is 14.3. The number of rotatable bonds is 7. The predicted molar refractivity (Wildman–Crippen MR) is 127 cm³/mol. The van der Waals surface area contributed by atoms with E-state index in [9.17, 15) is 49.1 Å². The Morgan fingerprint density at radius 1 is 0.895 bits per heavy atom. The lowest BCUT2D eigenvalue weighted by atomic mass is 9.96. The molecule has 208 valence electrons. The Morgan fingerprint density at radius 2 is 1.47 bits per heavy atom. The van der Waals surface area contributed by atoms with Gasteiger partial charge < -0.3 is 10.6 Å². The van der Waals surface area contributed by atoms with Gasteiger partial charge in [-0.2, -0.15) is 39.5 Å². The molecule has 2 N–H and O–H groups in total. The van der Waals surface area contributed by atoms with Crippen LogP contribution in [0.2, 0.25) is 0 Å². The number of hydrogen-bond donors (Lipinski definition) is 2. The first-order valence-corrected chi connectivity index (χ1v) is 11.9. The third-order valence-electron chi connectivity index (χ3n) is 4.95. The Labute approximate surface area is 226 Å². The molecule has 2 aromatic rings. The van der Waals surface area contributed by atoms with E-state index < -0.39 is 60.0 Å². The zero-order valence-electron chi connectivity index (χ0n) is 19.0. The molecule has 0 aliphatic heterocycles. The van der Waals surface area contributed by atoms with Crippen molar-refractivity contribution in [1.82, 2.24) is 10.6 Å². The number of benzene rings is 2. The van der Waals surface area contributed by atoms with Crippen molar-refractivity contribution in [2.75, 3.05) is 6.54 Å². The third kappa shape index (κ3) is 9.03. The molecule has 0 heterocycles. The second-order valence-corrected chi connectivity index (χ2v) is 9.73. The first-order chi connectivity index (χ1) is 17.3. The maximum Gasteiger partial charge on any atom is 0.417 e. The second kappa shape index (κ2) is 12.1. The van der Waals surface area contributed by atoms with E-state index in [0.717, 1.165) is 12.1 Å². The lowest BCUT2D eigenvalue weighted by Gasteiger charge is -2.18. The van der Waals surface area contributed by atoms with Crippen molar-refractivity contribution in [1.29, 1.82) is 0 Å². The molecule has 0 radical (unpaired) electrons. The molecule has 0 saturated heterocycles. The average molecular weight is 684 g/mol. The van der Waals surface area contributed by atoms with Gasteiger partial charge in [0, 0.05) is 8.95 Å². The quantitative estimate of drug-likeness (QED) is 0.299. The Kier molecular flexibility index (Phi) is 10.1.